The Kier molecular flexibility index (Phi) is 6.21. The van der Waals surface area contributed by atoms with Gasteiger partial charge in [-0.1, -0.05) is 17.7 Å². The number of ether oxygens (including phenoxy) is 1. The molecule has 0 saturated heterocycles. The van der Waals surface area contributed by atoms with Crippen LogP contribution in [0.15, 0.2) is 24.3 Å². The van der Waals surface area contributed by atoms with Gasteiger partial charge in [-0.25, -0.2) is 4.79 Å². The maximum atomic E-state index is 11.3. The highest BCUT2D eigenvalue weighted by molar-refractivity contribution is 5.74. The van der Waals surface area contributed by atoms with Crippen molar-refractivity contribution in [1.82, 2.24) is 16.0 Å². The minimum Gasteiger partial charge on any atom is -0.473 e. The third kappa shape index (κ3) is 6.92. The molecular formula is C13H19N3O3. The minimum absolute atomic E-state index is 0.0923. The third-order valence-corrected chi connectivity index (χ3v) is 2.28. The molecule has 3 N–H and O–H groups in total. The van der Waals surface area contributed by atoms with Crippen molar-refractivity contribution in [2.24, 2.45) is 0 Å². The van der Waals surface area contributed by atoms with Crippen LogP contribution in [0.1, 0.15) is 12.5 Å². The summed E-state index contributed by atoms with van der Waals surface area (Å²) in [5, 5.41) is 7.71. The second-order valence-electron chi connectivity index (χ2n) is 4.02. The first kappa shape index (κ1) is 14.8. The number of carbonyl (C=O) groups is 2. The summed E-state index contributed by atoms with van der Waals surface area (Å²) in [4.78, 5) is 21.9. The molecule has 1 rings (SSSR count). The van der Waals surface area contributed by atoms with E-state index >= 15 is 0 Å². The van der Waals surface area contributed by atoms with E-state index in [9.17, 15) is 9.59 Å². The Morgan fingerprint density at radius 2 is 1.68 bits per heavy atom. The first-order valence-electron chi connectivity index (χ1n) is 6.03. The van der Waals surface area contributed by atoms with Crippen LogP contribution in [0.5, 0.6) is 5.75 Å². The molecule has 104 valence electrons. The average molecular weight is 265 g/mol. The number of aryl methyl sites for hydroxylation is 1. The molecule has 0 aliphatic rings. The SMILES string of the molecule is CC(=O)NCCNC(=O)NCOc1ccc(C)cc1. The molecule has 0 aromatic heterocycles. The lowest BCUT2D eigenvalue weighted by molar-refractivity contribution is -0.118. The molecule has 19 heavy (non-hydrogen) atoms. The summed E-state index contributed by atoms with van der Waals surface area (Å²) in [6.07, 6.45) is 0. The van der Waals surface area contributed by atoms with Gasteiger partial charge in [0.2, 0.25) is 5.91 Å². The minimum atomic E-state index is -0.336. The lowest BCUT2D eigenvalue weighted by Gasteiger charge is -2.09. The summed E-state index contributed by atoms with van der Waals surface area (Å²) in [6, 6.07) is 7.21. The van der Waals surface area contributed by atoms with Gasteiger partial charge in [0.25, 0.3) is 0 Å². The Morgan fingerprint density at radius 3 is 2.32 bits per heavy atom. The van der Waals surface area contributed by atoms with E-state index in [-0.39, 0.29) is 18.7 Å². The summed E-state index contributed by atoms with van der Waals surface area (Å²) >= 11 is 0. The first-order valence-corrected chi connectivity index (χ1v) is 6.03. The molecule has 6 nitrogen and oxygen atoms in total. The third-order valence-electron chi connectivity index (χ3n) is 2.28. The van der Waals surface area contributed by atoms with Crippen LogP contribution >= 0.6 is 0 Å². The van der Waals surface area contributed by atoms with Crippen LogP contribution in [-0.4, -0.2) is 31.8 Å². The van der Waals surface area contributed by atoms with E-state index in [4.69, 9.17) is 4.74 Å². The lowest BCUT2D eigenvalue weighted by Crippen LogP contribution is -2.41. The van der Waals surface area contributed by atoms with Gasteiger partial charge in [-0.15, -0.1) is 0 Å². The second-order valence-corrected chi connectivity index (χ2v) is 4.02. The van der Waals surface area contributed by atoms with Crippen molar-refractivity contribution in [3.63, 3.8) is 0 Å². The molecule has 0 aliphatic carbocycles. The number of rotatable bonds is 6. The molecule has 0 heterocycles. The molecule has 0 radical (unpaired) electrons. The standard InChI is InChI=1S/C13H19N3O3/c1-10-3-5-12(6-4-10)19-9-16-13(18)15-8-7-14-11(2)17/h3-6H,7-9H2,1-2H3,(H,14,17)(H2,15,16,18). The van der Waals surface area contributed by atoms with E-state index in [1.807, 2.05) is 31.2 Å². The molecule has 1 aromatic carbocycles. The molecular weight excluding hydrogens is 246 g/mol. The quantitative estimate of drug-likeness (QED) is 0.525. The van der Waals surface area contributed by atoms with Crippen LogP contribution in [-0.2, 0) is 4.79 Å². The van der Waals surface area contributed by atoms with Crippen molar-refractivity contribution in [3.05, 3.63) is 29.8 Å². The molecule has 0 atom stereocenters. The molecule has 6 heteroatoms. The Bertz CT molecular complexity index is 418. The normalized spacial score (nSPS) is 9.58. The van der Waals surface area contributed by atoms with E-state index in [1.54, 1.807) is 0 Å². The number of carbonyl (C=O) groups excluding carboxylic acids is 2. The molecule has 0 bridgehead atoms. The summed E-state index contributed by atoms with van der Waals surface area (Å²) in [6.45, 7) is 4.28. The lowest BCUT2D eigenvalue weighted by atomic mass is 10.2. The molecule has 0 spiro atoms. The number of benzene rings is 1. The maximum Gasteiger partial charge on any atom is 0.317 e. The summed E-state index contributed by atoms with van der Waals surface area (Å²) in [7, 11) is 0. The fourth-order valence-corrected chi connectivity index (χ4v) is 1.30. The van der Waals surface area contributed by atoms with Crippen molar-refractivity contribution >= 4 is 11.9 Å². The van der Waals surface area contributed by atoms with Gasteiger partial charge in [0.1, 0.15) is 5.75 Å². The van der Waals surface area contributed by atoms with Gasteiger partial charge >= 0.3 is 6.03 Å². The maximum absolute atomic E-state index is 11.3. The second kappa shape index (κ2) is 7.97. The number of hydrogen-bond acceptors (Lipinski definition) is 3. The first-order chi connectivity index (χ1) is 9.08. The van der Waals surface area contributed by atoms with E-state index in [2.05, 4.69) is 16.0 Å². The number of nitrogens with one attached hydrogen (secondary N) is 3. The average Bonchev–Trinajstić information content (AvgIpc) is 2.37. The van der Waals surface area contributed by atoms with Crippen LogP contribution in [0.4, 0.5) is 4.79 Å². The van der Waals surface area contributed by atoms with Crippen LogP contribution in [0.25, 0.3) is 0 Å². The van der Waals surface area contributed by atoms with E-state index in [1.165, 1.54) is 6.92 Å². The Labute approximate surface area is 112 Å². The molecule has 3 amide bonds. The van der Waals surface area contributed by atoms with Crippen molar-refractivity contribution in [3.8, 4) is 5.75 Å². The predicted octanol–water partition coefficient (Wildman–Crippen LogP) is 0.767. The summed E-state index contributed by atoms with van der Waals surface area (Å²) < 4.78 is 5.33. The highest BCUT2D eigenvalue weighted by Gasteiger charge is 1.99. The van der Waals surface area contributed by atoms with Crippen molar-refractivity contribution in [2.75, 3.05) is 19.8 Å². The van der Waals surface area contributed by atoms with Crippen molar-refractivity contribution in [2.45, 2.75) is 13.8 Å². The van der Waals surface area contributed by atoms with Crippen LogP contribution in [0.2, 0.25) is 0 Å². The van der Waals surface area contributed by atoms with Crippen molar-refractivity contribution < 1.29 is 14.3 Å². The molecule has 1 aromatic rings. The highest BCUT2D eigenvalue weighted by atomic mass is 16.5. The predicted molar refractivity (Wildman–Crippen MR) is 71.9 cm³/mol. The van der Waals surface area contributed by atoms with Gasteiger partial charge in [-0.2, -0.15) is 0 Å². The van der Waals surface area contributed by atoms with Crippen LogP contribution in [0.3, 0.4) is 0 Å². The summed E-state index contributed by atoms with van der Waals surface area (Å²) in [5.74, 6) is 0.578. The fourth-order valence-electron chi connectivity index (χ4n) is 1.30. The largest absolute Gasteiger partial charge is 0.473 e. The zero-order chi connectivity index (χ0) is 14.1. The van der Waals surface area contributed by atoms with E-state index in [0.29, 0.717) is 18.8 Å². The Balaban J connectivity index is 2.10. The Morgan fingerprint density at radius 1 is 1.05 bits per heavy atom. The molecule has 0 unspecified atom stereocenters. The summed E-state index contributed by atoms with van der Waals surface area (Å²) in [5.41, 5.74) is 1.15. The topological polar surface area (TPSA) is 79.5 Å². The molecule has 0 fully saturated rings. The Hall–Kier alpha value is -2.24. The van der Waals surface area contributed by atoms with E-state index < -0.39 is 0 Å². The number of hydrogen-bond donors (Lipinski definition) is 3. The van der Waals surface area contributed by atoms with Crippen molar-refractivity contribution in [1.29, 1.82) is 0 Å². The van der Waals surface area contributed by atoms with Gasteiger partial charge in [0.05, 0.1) is 0 Å². The van der Waals surface area contributed by atoms with Crippen LogP contribution < -0.4 is 20.7 Å². The highest BCUT2D eigenvalue weighted by Crippen LogP contribution is 2.10. The number of amides is 3. The number of urea groups is 1. The van der Waals surface area contributed by atoms with Gasteiger partial charge < -0.3 is 20.7 Å². The zero-order valence-corrected chi connectivity index (χ0v) is 11.2. The van der Waals surface area contributed by atoms with E-state index in [0.717, 1.165) is 5.56 Å². The van der Waals surface area contributed by atoms with Gasteiger partial charge in [0, 0.05) is 20.0 Å². The molecule has 0 saturated carbocycles. The van der Waals surface area contributed by atoms with Gasteiger partial charge in [-0.3, -0.25) is 4.79 Å². The molecule has 0 aliphatic heterocycles. The van der Waals surface area contributed by atoms with Crippen LogP contribution in [0, 0.1) is 6.92 Å². The van der Waals surface area contributed by atoms with Gasteiger partial charge in [-0.05, 0) is 19.1 Å². The zero-order valence-electron chi connectivity index (χ0n) is 11.2. The smallest absolute Gasteiger partial charge is 0.317 e. The monoisotopic (exact) mass is 265 g/mol. The van der Waals surface area contributed by atoms with Gasteiger partial charge in [0.15, 0.2) is 6.73 Å². The fraction of sp³-hybridized carbons (Fsp3) is 0.385.